The van der Waals surface area contributed by atoms with Crippen LogP contribution in [0.4, 0.5) is 4.79 Å². The zero-order valence-electron chi connectivity index (χ0n) is 12.2. The Morgan fingerprint density at radius 1 is 1.10 bits per heavy atom. The molecular weight excluding hydrogens is 280 g/mol. The highest BCUT2D eigenvalue weighted by Crippen LogP contribution is 2.13. The molecule has 116 valence electrons. The van der Waals surface area contributed by atoms with Crippen LogP contribution in [0, 0.1) is 0 Å². The Bertz CT molecular complexity index is 455. The largest absolute Gasteiger partial charge is 0.543 e. The average Bonchev–Trinajstić information content (AvgIpc) is 2.48. The maximum absolute atomic E-state index is 11.6. The summed E-state index contributed by atoms with van der Waals surface area (Å²) in [6.45, 7) is 5.91. The van der Waals surface area contributed by atoms with Gasteiger partial charge < -0.3 is 9.47 Å². The highest BCUT2D eigenvalue weighted by Gasteiger charge is 2.14. The molecule has 1 rings (SSSR count). The molecule has 0 spiro atoms. The van der Waals surface area contributed by atoms with Crippen molar-refractivity contribution in [2.24, 2.45) is 0 Å². The second-order valence-electron chi connectivity index (χ2n) is 4.07. The lowest BCUT2D eigenvalue weighted by Gasteiger charge is -2.08. The predicted molar refractivity (Wildman–Crippen MR) is 71.4 cm³/mol. The molecule has 0 aromatic heterocycles. The minimum atomic E-state index is -1.08. The van der Waals surface area contributed by atoms with E-state index < -0.39 is 12.1 Å². The van der Waals surface area contributed by atoms with Crippen molar-refractivity contribution in [2.45, 2.75) is 33.3 Å². The van der Waals surface area contributed by atoms with Crippen LogP contribution in [-0.2, 0) is 19.6 Å². The highest BCUT2D eigenvalue weighted by atomic mass is 17.5. The molecule has 21 heavy (non-hydrogen) atoms. The molecule has 0 aliphatic rings. The maximum Gasteiger partial charge on any atom is 0.543 e. The summed E-state index contributed by atoms with van der Waals surface area (Å²) in [7, 11) is 0. The molecule has 7 heteroatoms. The van der Waals surface area contributed by atoms with Crippen LogP contribution in [-0.4, -0.2) is 24.8 Å². The first-order valence-corrected chi connectivity index (χ1v) is 6.55. The molecule has 0 radical (unpaired) electrons. The van der Waals surface area contributed by atoms with Gasteiger partial charge in [-0.3, -0.25) is 4.89 Å². The normalized spacial score (nSPS) is 11.4. The van der Waals surface area contributed by atoms with E-state index in [0.29, 0.717) is 18.8 Å². The lowest BCUT2D eigenvalue weighted by molar-refractivity contribution is -0.452. The SMILES string of the molecule is CCOc1ccc(C(=O)OOOC(=O)OC(C)CC)cc1. The first-order chi connectivity index (χ1) is 10.1. The van der Waals surface area contributed by atoms with Crippen molar-refractivity contribution in [2.75, 3.05) is 6.61 Å². The number of carbonyl (C=O) groups excluding carboxylic acids is 2. The van der Waals surface area contributed by atoms with Crippen molar-refractivity contribution in [3.05, 3.63) is 29.8 Å². The van der Waals surface area contributed by atoms with E-state index in [1.807, 2.05) is 13.8 Å². The van der Waals surface area contributed by atoms with Crippen molar-refractivity contribution in [3.63, 3.8) is 0 Å². The Morgan fingerprint density at radius 3 is 2.33 bits per heavy atom. The van der Waals surface area contributed by atoms with Crippen LogP contribution in [0.1, 0.15) is 37.6 Å². The molecule has 0 fully saturated rings. The standard InChI is InChI=1S/C14H18O7/c1-4-10(3)18-14(16)20-21-19-13(15)11-6-8-12(9-7-11)17-5-2/h6-10H,4-5H2,1-3H3. The van der Waals surface area contributed by atoms with E-state index in [2.05, 4.69) is 14.8 Å². The van der Waals surface area contributed by atoms with Crippen molar-refractivity contribution < 1.29 is 33.9 Å². The number of ether oxygens (including phenoxy) is 2. The lowest BCUT2D eigenvalue weighted by atomic mass is 10.2. The smallest absolute Gasteiger partial charge is 0.494 e. The summed E-state index contributed by atoms with van der Waals surface area (Å²) in [4.78, 5) is 31.1. The summed E-state index contributed by atoms with van der Waals surface area (Å²) in [6, 6.07) is 6.21. The summed E-state index contributed by atoms with van der Waals surface area (Å²) >= 11 is 0. The fraction of sp³-hybridized carbons (Fsp3) is 0.429. The van der Waals surface area contributed by atoms with Gasteiger partial charge in [-0.2, -0.15) is 0 Å². The van der Waals surface area contributed by atoms with Crippen molar-refractivity contribution in [1.29, 1.82) is 0 Å². The Morgan fingerprint density at radius 2 is 1.76 bits per heavy atom. The van der Waals surface area contributed by atoms with Crippen LogP contribution < -0.4 is 4.74 Å². The molecule has 1 unspecified atom stereocenters. The molecule has 0 aliphatic carbocycles. The van der Waals surface area contributed by atoms with Crippen LogP contribution in [0.2, 0.25) is 0 Å². The van der Waals surface area contributed by atoms with Crippen LogP contribution in [0.25, 0.3) is 0 Å². The minimum absolute atomic E-state index is 0.220. The van der Waals surface area contributed by atoms with Crippen molar-refractivity contribution in [1.82, 2.24) is 0 Å². The van der Waals surface area contributed by atoms with E-state index in [0.717, 1.165) is 0 Å². The predicted octanol–water partition coefficient (Wildman–Crippen LogP) is 3.04. The Labute approximate surface area is 122 Å². The summed E-state index contributed by atoms with van der Waals surface area (Å²) in [6.07, 6.45) is -0.770. The van der Waals surface area contributed by atoms with Gasteiger partial charge in [0, 0.05) is 0 Å². The number of benzene rings is 1. The maximum atomic E-state index is 11.6. The van der Waals surface area contributed by atoms with Gasteiger partial charge in [0.1, 0.15) is 11.9 Å². The van der Waals surface area contributed by atoms with E-state index in [9.17, 15) is 9.59 Å². The van der Waals surface area contributed by atoms with E-state index in [1.165, 1.54) is 12.1 Å². The van der Waals surface area contributed by atoms with Gasteiger partial charge in [0.15, 0.2) is 0 Å². The zero-order chi connectivity index (χ0) is 15.7. The summed E-state index contributed by atoms with van der Waals surface area (Å²) < 4.78 is 9.97. The molecule has 0 saturated heterocycles. The topological polar surface area (TPSA) is 80.3 Å². The zero-order valence-corrected chi connectivity index (χ0v) is 12.2. The van der Waals surface area contributed by atoms with Gasteiger partial charge in [0.05, 0.1) is 17.2 Å². The van der Waals surface area contributed by atoms with Gasteiger partial charge >= 0.3 is 12.1 Å². The third-order valence-corrected chi connectivity index (χ3v) is 2.49. The molecule has 1 aromatic rings. The molecule has 1 aromatic carbocycles. The third-order valence-electron chi connectivity index (χ3n) is 2.49. The monoisotopic (exact) mass is 298 g/mol. The number of carbonyl (C=O) groups is 2. The van der Waals surface area contributed by atoms with Gasteiger partial charge in [0.2, 0.25) is 0 Å². The number of hydrogen-bond donors (Lipinski definition) is 0. The molecule has 7 nitrogen and oxygen atoms in total. The van der Waals surface area contributed by atoms with Crippen LogP contribution in [0.3, 0.4) is 0 Å². The summed E-state index contributed by atoms with van der Waals surface area (Å²) in [5, 5.41) is 4.08. The van der Waals surface area contributed by atoms with E-state index in [-0.39, 0.29) is 11.7 Å². The Balaban J connectivity index is 2.35. The highest BCUT2D eigenvalue weighted by molar-refractivity contribution is 5.89. The van der Waals surface area contributed by atoms with Crippen LogP contribution in [0.5, 0.6) is 5.75 Å². The Hall–Kier alpha value is -2.28. The van der Waals surface area contributed by atoms with Gasteiger partial charge in [-0.1, -0.05) is 6.92 Å². The van der Waals surface area contributed by atoms with Gasteiger partial charge in [-0.05, 0) is 44.5 Å². The molecule has 0 N–H and O–H groups in total. The third kappa shape index (κ3) is 6.13. The van der Waals surface area contributed by atoms with E-state index >= 15 is 0 Å². The fourth-order valence-electron chi connectivity index (χ4n) is 1.24. The minimum Gasteiger partial charge on any atom is -0.494 e. The number of rotatable bonds is 7. The first-order valence-electron chi connectivity index (χ1n) is 6.55. The summed E-state index contributed by atoms with van der Waals surface area (Å²) in [5.41, 5.74) is 0.220. The molecular formula is C14H18O7. The Kier molecular flexibility index (Phi) is 7.03. The quantitative estimate of drug-likeness (QED) is 0.435. The first kappa shape index (κ1) is 16.8. The fourth-order valence-corrected chi connectivity index (χ4v) is 1.24. The van der Waals surface area contributed by atoms with Crippen LogP contribution >= 0.6 is 0 Å². The van der Waals surface area contributed by atoms with Gasteiger partial charge in [-0.25, -0.2) is 14.5 Å². The molecule has 0 heterocycles. The lowest BCUT2D eigenvalue weighted by Crippen LogP contribution is -2.16. The molecule has 0 saturated carbocycles. The van der Waals surface area contributed by atoms with Crippen molar-refractivity contribution >= 4 is 12.1 Å². The molecule has 0 amide bonds. The number of hydrogen-bond acceptors (Lipinski definition) is 7. The molecule has 0 bridgehead atoms. The average molecular weight is 298 g/mol. The van der Waals surface area contributed by atoms with Crippen molar-refractivity contribution in [3.8, 4) is 5.75 Å². The van der Waals surface area contributed by atoms with E-state index in [1.54, 1.807) is 19.1 Å². The summed E-state index contributed by atoms with van der Waals surface area (Å²) in [5.74, 6) is -0.183. The molecule has 1 atom stereocenters. The second-order valence-corrected chi connectivity index (χ2v) is 4.07. The van der Waals surface area contributed by atoms with Gasteiger partial charge in [-0.15, -0.1) is 0 Å². The van der Waals surface area contributed by atoms with Gasteiger partial charge in [0.25, 0.3) is 0 Å². The van der Waals surface area contributed by atoms with E-state index in [4.69, 9.17) is 9.47 Å². The molecule has 0 aliphatic heterocycles. The van der Waals surface area contributed by atoms with Crippen LogP contribution in [0.15, 0.2) is 24.3 Å². The second kappa shape index (κ2) is 8.80.